The second-order valence-electron chi connectivity index (χ2n) is 5.17. The Morgan fingerprint density at radius 1 is 1.27 bits per heavy atom. The third-order valence-corrected chi connectivity index (χ3v) is 3.48. The van der Waals surface area contributed by atoms with Crippen LogP contribution in [0.5, 0.6) is 5.75 Å². The summed E-state index contributed by atoms with van der Waals surface area (Å²) >= 11 is 0. The third-order valence-electron chi connectivity index (χ3n) is 3.48. The Kier molecular flexibility index (Phi) is 7.96. The Bertz CT molecular complexity index is 491. The molecule has 2 amide bonds. The van der Waals surface area contributed by atoms with Crippen LogP contribution in [0.25, 0.3) is 0 Å². The van der Waals surface area contributed by atoms with E-state index in [1.807, 2.05) is 6.92 Å². The second-order valence-corrected chi connectivity index (χ2v) is 5.17. The molecule has 0 saturated heterocycles. The molecule has 22 heavy (non-hydrogen) atoms. The van der Waals surface area contributed by atoms with E-state index >= 15 is 0 Å². The lowest BCUT2D eigenvalue weighted by molar-refractivity contribution is -0.125. The van der Waals surface area contributed by atoms with E-state index in [0.717, 1.165) is 25.7 Å². The minimum Gasteiger partial charge on any atom is -0.505 e. The summed E-state index contributed by atoms with van der Waals surface area (Å²) in [6.45, 7) is 4.77. The summed E-state index contributed by atoms with van der Waals surface area (Å²) in [5.74, 6) is -0.540. The summed E-state index contributed by atoms with van der Waals surface area (Å²) in [6, 6.07) is 2.96. The summed E-state index contributed by atoms with van der Waals surface area (Å²) in [7, 11) is 0. The van der Waals surface area contributed by atoms with Crippen molar-refractivity contribution in [2.75, 3.05) is 13.1 Å². The molecular formula is C16H25N3O3. The lowest BCUT2D eigenvalue weighted by Gasteiger charge is -2.14. The molecule has 0 aliphatic carbocycles. The molecule has 0 radical (unpaired) electrons. The van der Waals surface area contributed by atoms with Crippen molar-refractivity contribution in [1.29, 1.82) is 0 Å². The quantitative estimate of drug-likeness (QED) is 0.607. The number of carbonyl (C=O) groups is 2. The Labute approximate surface area is 131 Å². The Morgan fingerprint density at radius 2 is 2.00 bits per heavy atom. The van der Waals surface area contributed by atoms with E-state index in [0.29, 0.717) is 13.1 Å². The maximum absolute atomic E-state index is 12.0. The molecule has 0 aromatic carbocycles. The van der Waals surface area contributed by atoms with Gasteiger partial charge in [-0.2, -0.15) is 0 Å². The largest absolute Gasteiger partial charge is 0.505 e. The van der Waals surface area contributed by atoms with Crippen molar-refractivity contribution < 1.29 is 14.7 Å². The highest BCUT2D eigenvalue weighted by Gasteiger charge is 2.15. The normalized spacial score (nSPS) is 11.7. The van der Waals surface area contributed by atoms with E-state index in [1.54, 1.807) is 6.07 Å². The number of hydrogen-bond donors (Lipinski definition) is 3. The zero-order valence-corrected chi connectivity index (χ0v) is 13.3. The topological polar surface area (TPSA) is 91.3 Å². The van der Waals surface area contributed by atoms with Crippen molar-refractivity contribution in [3.8, 4) is 5.75 Å². The van der Waals surface area contributed by atoms with E-state index in [-0.39, 0.29) is 23.3 Å². The van der Waals surface area contributed by atoms with Crippen LogP contribution in [-0.4, -0.2) is 35.0 Å². The number of amides is 2. The predicted molar refractivity (Wildman–Crippen MR) is 84.6 cm³/mol. The van der Waals surface area contributed by atoms with Crippen molar-refractivity contribution in [2.45, 2.75) is 39.5 Å². The maximum Gasteiger partial charge on any atom is 0.273 e. The van der Waals surface area contributed by atoms with E-state index in [9.17, 15) is 14.7 Å². The molecule has 6 heteroatoms. The third kappa shape index (κ3) is 5.71. The smallest absolute Gasteiger partial charge is 0.273 e. The summed E-state index contributed by atoms with van der Waals surface area (Å²) in [4.78, 5) is 27.6. The van der Waals surface area contributed by atoms with Crippen LogP contribution < -0.4 is 10.6 Å². The van der Waals surface area contributed by atoms with Gasteiger partial charge < -0.3 is 15.7 Å². The van der Waals surface area contributed by atoms with Gasteiger partial charge in [0.2, 0.25) is 5.91 Å². The average Bonchev–Trinajstić information content (AvgIpc) is 2.52. The number of nitrogens with one attached hydrogen (secondary N) is 2. The number of rotatable bonds is 9. The fourth-order valence-corrected chi connectivity index (χ4v) is 2.13. The molecule has 1 aromatic rings. The molecular weight excluding hydrogens is 282 g/mol. The number of nitrogens with zero attached hydrogens (tertiary/aromatic N) is 1. The molecule has 0 unspecified atom stereocenters. The van der Waals surface area contributed by atoms with Crippen LogP contribution in [0.15, 0.2) is 18.3 Å². The van der Waals surface area contributed by atoms with Gasteiger partial charge in [0.15, 0.2) is 5.69 Å². The van der Waals surface area contributed by atoms with Crippen molar-refractivity contribution in [3.63, 3.8) is 0 Å². The molecule has 0 saturated carbocycles. The first-order valence-corrected chi connectivity index (χ1v) is 7.80. The van der Waals surface area contributed by atoms with Crippen molar-refractivity contribution in [1.82, 2.24) is 15.6 Å². The minimum absolute atomic E-state index is 0.0109. The summed E-state index contributed by atoms with van der Waals surface area (Å²) < 4.78 is 0. The van der Waals surface area contributed by atoms with Gasteiger partial charge in [-0.3, -0.25) is 9.59 Å². The summed E-state index contributed by atoms with van der Waals surface area (Å²) in [5.41, 5.74) is -0.0109. The van der Waals surface area contributed by atoms with Gasteiger partial charge in [0.1, 0.15) is 5.75 Å². The maximum atomic E-state index is 12.0. The molecule has 1 atom stereocenters. The monoisotopic (exact) mass is 307 g/mol. The fourth-order valence-electron chi connectivity index (χ4n) is 2.13. The lowest BCUT2D eigenvalue weighted by Crippen LogP contribution is -2.37. The van der Waals surface area contributed by atoms with Crippen molar-refractivity contribution in [3.05, 3.63) is 24.0 Å². The van der Waals surface area contributed by atoms with Crippen LogP contribution in [0.4, 0.5) is 0 Å². The van der Waals surface area contributed by atoms with Gasteiger partial charge in [-0.1, -0.05) is 26.7 Å². The molecule has 6 nitrogen and oxygen atoms in total. The molecule has 1 aromatic heterocycles. The molecule has 0 fully saturated rings. The van der Waals surface area contributed by atoms with Gasteiger partial charge in [-0.25, -0.2) is 4.98 Å². The average molecular weight is 307 g/mol. The number of pyridine rings is 1. The van der Waals surface area contributed by atoms with E-state index < -0.39 is 5.91 Å². The summed E-state index contributed by atoms with van der Waals surface area (Å²) in [5, 5.41) is 15.0. The molecule has 1 rings (SSSR count). The van der Waals surface area contributed by atoms with Crippen LogP contribution in [0.1, 0.15) is 50.0 Å². The van der Waals surface area contributed by atoms with Gasteiger partial charge in [-0.05, 0) is 25.0 Å². The van der Waals surface area contributed by atoms with E-state index in [1.165, 1.54) is 12.3 Å². The Morgan fingerprint density at radius 3 is 2.64 bits per heavy atom. The Hall–Kier alpha value is -2.11. The number of hydrogen-bond acceptors (Lipinski definition) is 4. The van der Waals surface area contributed by atoms with Gasteiger partial charge >= 0.3 is 0 Å². The minimum atomic E-state index is -0.453. The zero-order chi connectivity index (χ0) is 16.4. The highest BCUT2D eigenvalue weighted by molar-refractivity contribution is 5.94. The van der Waals surface area contributed by atoms with Crippen molar-refractivity contribution >= 4 is 11.8 Å². The highest BCUT2D eigenvalue weighted by atomic mass is 16.3. The first-order chi connectivity index (χ1) is 10.6. The molecule has 3 N–H and O–H groups in total. The van der Waals surface area contributed by atoms with Crippen LogP contribution in [0.3, 0.4) is 0 Å². The molecule has 0 spiro atoms. The van der Waals surface area contributed by atoms with Crippen LogP contribution in [-0.2, 0) is 4.79 Å². The van der Waals surface area contributed by atoms with E-state index in [4.69, 9.17) is 0 Å². The van der Waals surface area contributed by atoms with Gasteiger partial charge in [0, 0.05) is 25.2 Å². The Balaban J connectivity index is 2.31. The number of aromatic hydroxyl groups is 1. The standard InChI is InChI=1S/C16H25N3O3/c1-3-5-7-12(4-2)15(21)18-10-11-19-16(22)14-13(20)8-6-9-17-14/h6,8-9,12,20H,3-5,7,10-11H2,1-2H3,(H,18,21)(H,19,22)/t12-/m0/s1. The molecule has 0 aliphatic heterocycles. The molecule has 0 bridgehead atoms. The summed E-state index contributed by atoms with van der Waals surface area (Å²) in [6.07, 6.45) is 5.28. The predicted octanol–water partition coefficient (Wildman–Crippen LogP) is 1.85. The molecule has 122 valence electrons. The first kappa shape index (κ1) is 17.9. The number of carbonyl (C=O) groups excluding carboxylic acids is 2. The zero-order valence-electron chi connectivity index (χ0n) is 13.3. The molecule has 0 aliphatic rings. The van der Waals surface area contributed by atoms with Gasteiger partial charge in [0.05, 0.1) is 0 Å². The van der Waals surface area contributed by atoms with Crippen LogP contribution in [0.2, 0.25) is 0 Å². The van der Waals surface area contributed by atoms with Crippen LogP contribution >= 0.6 is 0 Å². The van der Waals surface area contributed by atoms with Crippen molar-refractivity contribution in [2.24, 2.45) is 5.92 Å². The number of unbranched alkanes of at least 4 members (excludes halogenated alkanes) is 1. The first-order valence-electron chi connectivity index (χ1n) is 7.80. The van der Waals surface area contributed by atoms with Crippen LogP contribution in [0, 0.1) is 5.92 Å². The molecule has 1 heterocycles. The highest BCUT2D eigenvalue weighted by Crippen LogP contribution is 2.13. The SMILES string of the molecule is CCCC[C@H](CC)C(=O)NCCNC(=O)c1ncccc1O. The second kappa shape index (κ2) is 9.76. The lowest BCUT2D eigenvalue weighted by atomic mass is 9.98. The van der Waals surface area contributed by atoms with E-state index in [2.05, 4.69) is 22.5 Å². The number of aromatic nitrogens is 1. The van der Waals surface area contributed by atoms with Gasteiger partial charge in [-0.15, -0.1) is 0 Å². The fraction of sp³-hybridized carbons (Fsp3) is 0.562. The van der Waals surface area contributed by atoms with Gasteiger partial charge in [0.25, 0.3) is 5.91 Å².